The van der Waals surface area contributed by atoms with Crippen LogP contribution in [-0.4, -0.2) is 60.4 Å². The van der Waals surface area contributed by atoms with Crippen LogP contribution in [0.2, 0.25) is 0 Å². The maximum Gasteiger partial charge on any atom is 0.318 e. The van der Waals surface area contributed by atoms with E-state index in [1.54, 1.807) is 30.6 Å². The first kappa shape index (κ1) is 22.9. The van der Waals surface area contributed by atoms with Crippen molar-refractivity contribution in [1.82, 2.24) is 15.2 Å². The third-order valence-corrected chi connectivity index (χ3v) is 5.74. The number of hydrogen-bond donors (Lipinski definition) is 1. The lowest BCUT2D eigenvalue weighted by Crippen LogP contribution is -2.48. The Morgan fingerprint density at radius 1 is 1.32 bits per heavy atom. The van der Waals surface area contributed by atoms with Gasteiger partial charge in [-0.1, -0.05) is 18.2 Å². The smallest absolute Gasteiger partial charge is 0.318 e. The minimum absolute atomic E-state index is 0.0603. The zero-order valence-corrected chi connectivity index (χ0v) is 18.7. The minimum Gasteiger partial charge on any atom is -0.383 e. The summed E-state index contributed by atoms with van der Waals surface area (Å²) in [5, 5.41) is 10.8. The molecule has 9 heteroatoms. The molecule has 0 unspecified atom stereocenters. The van der Waals surface area contributed by atoms with E-state index in [4.69, 9.17) is 4.74 Å². The van der Waals surface area contributed by atoms with Crippen LogP contribution in [0.1, 0.15) is 36.8 Å². The number of methoxy groups -OCH3 is 1. The fourth-order valence-corrected chi connectivity index (χ4v) is 4.03. The molecule has 2 heterocycles. The van der Waals surface area contributed by atoms with E-state index >= 15 is 0 Å². The van der Waals surface area contributed by atoms with Gasteiger partial charge < -0.3 is 15.0 Å². The number of carbonyl (C=O) groups excluding carboxylic acids is 2. The van der Waals surface area contributed by atoms with Crippen molar-refractivity contribution in [2.45, 2.75) is 32.4 Å². The molecule has 3 rings (SSSR count). The standard InChI is InChI=1S/C22H27FN4O3S/c1-15(2)24-22(29)26(10-11-30-3)14-21(28)27-19(16-6-8-17(23)9-7-16)13-18(25-27)20-5-4-12-31-20/h4-9,12,15,19H,10-11,13-14H2,1-3H3,(H,24,29)/t19-/m0/s1. The average Bonchev–Trinajstić information content (AvgIpc) is 3.40. The molecule has 0 radical (unpaired) electrons. The highest BCUT2D eigenvalue weighted by Crippen LogP contribution is 2.34. The lowest BCUT2D eigenvalue weighted by Gasteiger charge is -2.27. The number of ether oxygens (including phenoxy) is 1. The van der Waals surface area contributed by atoms with Crippen LogP contribution in [0, 0.1) is 5.82 Å². The third-order valence-electron chi connectivity index (χ3n) is 4.82. The van der Waals surface area contributed by atoms with Crippen LogP contribution in [0.5, 0.6) is 0 Å². The fourth-order valence-electron chi connectivity index (χ4n) is 3.30. The summed E-state index contributed by atoms with van der Waals surface area (Å²) in [6.45, 7) is 4.16. The highest BCUT2D eigenvalue weighted by atomic mass is 32.1. The van der Waals surface area contributed by atoms with Gasteiger partial charge >= 0.3 is 6.03 Å². The summed E-state index contributed by atoms with van der Waals surface area (Å²) in [7, 11) is 1.54. The normalized spacial score (nSPS) is 15.8. The van der Waals surface area contributed by atoms with Gasteiger partial charge in [-0.05, 0) is 43.0 Å². The predicted octanol–water partition coefficient (Wildman–Crippen LogP) is 3.63. The van der Waals surface area contributed by atoms with Crippen LogP contribution >= 0.6 is 11.3 Å². The number of hydrogen-bond acceptors (Lipinski definition) is 5. The van der Waals surface area contributed by atoms with Gasteiger partial charge in [0, 0.05) is 26.1 Å². The number of rotatable bonds is 8. The Morgan fingerprint density at radius 3 is 2.68 bits per heavy atom. The summed E-state index contributed by atoms with van der Waals surface area (Å²) in [6, 6.07) is 9.23. The van der Waals surface area contributed by atoms with Gasteiger partial charge in [0.25, 0.3) is 5.91 Å². The van der Waals surface area contributed by atoms with Gasteiger partial charge in [-0.3, -0.25) is 4.79 Å². The second-order valence-electron chi connectivity index (χ2n) is 7.55. The Hall–Kier alpha value is -2.78. The zero-order valence-electron chi connectivity index (χ0n) is 17.9. The van der Waals surface area contributed by atoms with E-state index in [0.29, 0.717) is 13.0 Å². The van der Waals surface area contributed by atoms with Crippen LogP contribution in [0.3, 0.4) is 0 Å². The van der Waals surface area contributed by atoms with Crippen molar-refractivity contribution in [3.63, 3.8) is 0 Å². The first-order valence-corrected chi connectivity index (χ1v) is 11.0. The van der Waals surface area contributed by atoms with E-state index in [0.717, 1.165) is 16.2 Å². The summed E-state index contributed by atoms with van der Waals surface area (Å²) in [5.74, 6) is -0.647. The number of urea groups is 1. The lowest BCUT2D eigenvalue weighted by atomic mass is 10.0. The fraction of sp³-hybridized carbons (Fsp3) is 0.409. The van der Waals surface area contributed by atoms with E-state index < -0.39 is 0 Å². The van der Waals surface area contributed by atoms with Crippen LogP contribution in [0.25, 0.3) is 0 Å². The Kier molecular flexibility index (Phi) is 7.75. The predicted molar refractivity (Wildman–Crippen MR) is 119 cm³/mol. The van der Waals surface area contributed by atoms with Crippen molar-refractivity contribution in [2.24, 2.45) is 5.10 Å². The van der Waals surface area contributed by atoms with Crippen molar-refractivity contribution >= 4 is 29.0 Å². The summed E-state index contributed by atoms with van der Waals surface area (Å²) in [5.41, 5.74) is 1.59. The number of carbonyl (C=O) groups is 2. The van der Waals surface area contributed by atoms with E-state index in [1.807, 2.05) is 31.4 Å². The van der Waals surface area contributed by atoms with Gasteiger partial charge in [-0.2, -0.15) is 5.10 Å². The van der Waals surface area contributed by atoms with E-state index in [1.165, 1.54) is 22.0 Å². The largest absolute Gasteiger partial charge is 0.383 e. The molecule has 0 aliphatic carbocycles. The molecule has 0 spiro atoms. The molecule has 2 aromatic rings. The summed E-state index contributed by atoms with van der Waals surface area (Å²) < 4.78 is 18.5. The van der Waals surface area contributed by atoms with Crippen LogP contribution < -0.4 is 5.32 Å². The molecule has 1 aliphatic heterocycles. The SMILES string of the molecule is COCCN(CC(=O)N1N=C(c2cccs2)C[C@H]1c1ccc(F)cc1)C(=O)NC(C)C. The molecule has 0 bridgehead atoms. The molecule has 0 saturated heterocycles. The quantitative estimate of drug-likeness (QED) is 0.673. The summed E-state index contributed by atoms with van der Waals surface area (Å²) in [6.07, 6.45) is 0.522. The van der Waals surface area contributed by atoms with Crippen molar-refractivity contribution in [3.8, 4) is 0 Å². The maximum atomic E-state index is 13.4. The van der Waals surface area contributed by atoms with E-state index in [2.05, 4.69) is 10.4 Å². The lowest BCUT2D eigenvalue weighted by molar-refractivity contribution is -0.133. The molecule has 1 aromatic carbocycles. The highest BCUT2D eigenvalue weighted by molar-refractivity contribution is 7.12. The number of amides is 3. The molecule has 1 atom stereocenters. The van der Waals surface area contributed by atoms with Crippen molar-refractivity contribution in [2.75, 3.05) is 26.8 Å². The molecule has 1 aliphatic rings. The minimum atomic E-state index is -0.359. The first-order chi connectivity index (χ1) is 14.9. The van der Waals surface area contributed by atoms with E-state index in [-0.39, 0.29) is 42.9 Å². The van der Waals surface area contributed by atoms with Crippen molar-refractivity contribution < 1.29 is 18.7 Å². The molecule has 1 N–H and O–H groups in total. The van der Waals surface area contributed by atoms with Gasteiger partial charge in [0.15, 0.2) is 0 Å². The number of nitrogens with zero attached hydrogens (tertiary/aromatic N) is 3. The summed E-state index contributed by atoms with van der Waals surface area (Å²) >= 11 is 1.55. The number of nitrogens with one attached hydrogen (secondary N) is 1. The van der Waals surface area contributed by atoms with Crippen molar-refractivity contribution in [1.29, 1.82) is 0 Å². The van der Waals surface area contributed by atoms with Gasteiger partial charge in [0.2, 0.25) is 0 Å². The maximum absolute atomic E-state index is 13.4. The molecule has 7 nitrogen and oxygen atoms in total. The van der Waals surface area contributed by atoms with E-state index in [9.17, 15) is 14.0 Å². The molecule has 166 valence electrons. The summed E-state index contributed by atoms with van der Waals surface area (Å²) in [4.78, 5) is 28.2. The average molecular weight is 447 g/mol. The molecule has 31 heavy (non-hydrogen) atoms. The van der Waals surface area contributed by atoms with Crippen LogP contribution in [0.15, 0.2) is 46.9 Å². The van der Waals surface area contributed by atoms with Crippen LogP contribution in [-0.2, 0) is 9.53 Å². The Bertz CT molecular complexity index is 915. The Balaban J connectivity index is 1.84. The zero-order chi connectivity index (χ0) is 22.4. The van der Waals surface area contributed by atoms with Gasteiger partial charge in [-0.25, -0.2) is 14.2 Å². The van der Waals surface area contributed by atoms with Crippen molar-refractivity contribution in [3.05, 3.63) is 58.0 Å². The molecular weight excluding hydrogens is 419 g/mol. The van der Waals surface area contributed by atoms with Gasteiger partial charge in [0.1, 0.15) is 12.4 Å². The van der Waals surface area contributed by atoms with Crippen LogP contribution in [0.4, 0.5) is 9.18 Å². The Labute approximate surface area is 185 Å². The Morgan fingerprint density at radius 2 is 2.06 bits per heavy atom. The molecule has 0 fully saturated rings. The number of hydrazone groups is 1. The van der Waals surface area contributed by atoms with Gasteiger partial charge in [-0.15, -0.1) is 11.3 Å². The molecule has 3 amide bonds. The molecular formula is C22H27FN4O3S. The van der Waals surface area contributed by atoms with Gasteiger partial charge in [0.05, 0.1) is 23.2 Å². The second kappa shape index (κ2) is 10.5. The molecule has 0 saturated carbocycles. The number of halogens is 1. The second-order valence-corrected chi connectivity index (χ2v) is 8.50. The first-order valence-electron chi connectivity index (χ1n) is 10.1. The number of thiophene rings is 1. The highest BCUT2D eigenvalue weighted by Gasteiger charge is 2.34. The monoisotopic (exact) mass is 446 g/mol. The molecule has 1 aromatic heterocycles. The topological polar surface area (TPSA) is 74.2 Å². The number of benzene rings is 1. The third kappa shape index (κ3) is 5.89.